The van der Waals surface area contributed by atoms with E-state index in [-0.39, 0.29) is 5.56 Å². The number of hydrogen-bond acceptors (Lipinski definition) is 3. The van der Waals surface area contributed by atoms with Crippen molar-refractivity contribution in [3.63, 3.8) is 0 Å². The Labute approximate surface area is 85.9 Å². The zero-order chi connectivity index (χ0) is 10.8. The Morgan fingerprint density at radius 3 is 2.73 bits per heavy atom. The number of ether oxygens (including phenoxy) is 1. The molecule has 5 heteroatoms. The third-order valence-corrected chi connectivity index (χ3v) is 2.19. The van der Waals surface area contributed by atoms with Crippen molar-refractivity contribution in [2.75, 3.05) is 18.1 Å². The average Bonchev–Trinajstić information content (AvgIpc) is 2.64. The molecule has 1 fully saturated rings. The summed E-state index contributed by atoms with van der Waals surface area (Å²) in [7, 11) is 0. The van der Waals surface area contributed by atoms with Crippen molar-refractivity contribution in [1.29, 1.82) is 0 Å². The Kier molecular flexibility index (Phi) is 2.29. The maximum absolute atomic E-state index is 11.3. The van der Waals surface area contributed by atoms with E-state index < -0.39 is 12.1 Å². The van der Waals surface area contributed by atoms with E-state index in [1.54, 1.807) is 18.2 Å². The molecule has 2 rings (SSSR count). The molecule has 5 nitrogen and oxygen atoms in total. The quantitative estimate of drug-likeness (QED) is 0.794. The second-order valence-electron chi connectivity index (χ2n) is 3.09. The molecule has 0 aromatic heterocycles. The maximum atomic E-state index is 11.3. The van der Waals surface area contributed by atoms with Gasteiger partial charge in [-0.3, -0.25) is 4.90 Å². The molecule has 1 saturated heterocycles. The van der Waals surface area contributed by atoms with Crippen molar-refractivity contribution in [3.05, 3.63) is 29.8 Å². The molecule has 1 aliphatic rings. The molecule has 0 atom stereocenters. The summed E-state index contributed by atoms with van der Waals surface area (Å²) in [6.07, 6.45) is -0.497. The summed E-state index contributed by atoms with van der Waals surface area (Å²) < 4.78 is 4.75. The fourth-order valence-corrected chi connectivity index (χ4v) is 1.50. The Morgan fingerprint density at radius 1 is 1.40 bits per heavy atom. The SMILES string of the molecule is O=C(O)c1ccccc1N1CCOC1=O. The Balaban J connectivity index is 2.42. The number of para-hydroxylation sites is 1. The predicted molar refractivity (Wildman–Crippen MR) is 52.1 cm³/mol. The summed E-state index contributed by atoms with van der Waals surface area (Å²) >= 11 is 0. The number of cyclic esters (lactones) is 1. The summed E-state index contributed by atoms with van der Waals surface area (Å²) in [5.41, 5.74) is 0.490. The highest BCUT2D eigenvalue weighted by Crippen LogP contribution is 2.23. The number of rotatable bonds is 2. The van der Waals surface area contributed by atoms with Crippen molar-refractivity contribution < 1.29 is 19.4 Å². The molecule has 1 amide bonds. The number of amides is 1. The zero-order valence-corrected chi connectivity index (χ0v) is 7.84. The van der Waals surface area contributed by atoms with Crippen LogP contribution in [0.5, 0.6) is 0 Å². The summed E-state index contributed by atoms with van der Waals surface area (Å²) in [6.45, 7) is 0.690. The molecule has 1 aromatic carbocycles. The lowest BCUT2D eigenvalue weighted by atomic mass is 10.1. The lowest BCUT2D eigenvalue weighted by molar-refractivity contribution is 0.0697. The molecule has 0 aliphatic carbocycles. The second kappa shape index (κ2) is 3.61. The van der Waals surface area contributed by atoms with E-state index >= 15 is 0 Å². The van der Waals surface area contributed by atoms with Crippen LogP contribution in [0.25, 0.3) is 0 Å². The van der Waals surface area contributed by atoms with Crippen molar-refractivity contribution >= 4 is 17.7 Å². The first-order chi connectivity index (χ1) is 7.20. The number of aromatic carboxylic acids is 1. The minimum absolute atomic E-state index is 0.108. The summed E-state index contributed by atoms with van der Waals surface area (Å²) in [5.74, 6) is -1.05. The van der Waals surface area contributed by atoms with Gasteiger partial charge in [-0.2, -0.15) is 0 Å². The summed E-state index contributed by atoms with van der Waals surface area (Å²) in [5, 5.41) is 8.93. The molecule has 78 valence electrons. The highest BCUT2D eigenvalue weighted by Gasteiger charge is 2.26. The minimum atomic E-state index is -1.05. The monoisotopic (exact) mass is 207 g/mol. The van der Waals surface area contributed by atoms with Gasteiger partial charge in [-0.15, -0.1) is 0 Å². The molecule has 0 saturated carbocycles. The molecule has 0 unspecified atom stereocenters. The molecular weight excluding hydrogens is 198 g/mol. The minimum Gasteiger partial charge on any atom is -0.478 e. The molecule has 1 aliphatic heterocycles. The molecule has 1 N–H and O–H groups in total. The van der Waals surface area contributed by atoms with Crippen LogP contribution in [-0.2, 0) is 4.74 Å². The van der Waals surface area contributed by atoms with E-state index in [9.17, 15) is 9.59 Å². The Hall–Kier alpha value is -2.04. The van der Waals surface area contributed by atoms with Crippen LogP contribution in [0.4, 0.5) is 10.5 Å². The lowest BCUT2D eigenvalue weighted by Gasteiger charge is -2.14. The number of carbonyl (C=O) groups excluding carboxylic acids is 1. The van der Waals surface area contributed by atoms with E-state index in [0.717, 1.165) is 0 Å². The highest BCUT2D eigenvalue weighted by atomic mass is 16.6. The molecule has 0 spiro atoms. The van der Waals surface area contributed by atoms with Gasteiger partial charge in [0.1, 0.15) is 6.61 Å². The van der Waals surface area contributed by atoms with Crippen LogP contribution in [0.2, 0.25) is 0 Å². The first kappa shape index (κ1) is 9.51. The van der Waals surface area contributed by atoms with Gasteiger partial charge >= 0.3 is 12.1 Å². The van der Waals surface area contributed by atoms with Crippen LogP contribution in [-0.4, -0.2) is 30.3 Å². The molecule has 15 heavy (non-hydrogen) atoms. The van der Waals surface area contributed by atoms with Crippen LogP contribution >= 0.6 is 0 Å². The van der Waals surface area contributed by atoms with Gasteiger partial charge in [-0.1, -0.05) is 12.1 Å². The van der Waals surface area contributed by atoms with E-state index in [4.69, 9.17) is 9.84 Å². The van der Waals surface area contributed by atoms with Gasteiger partial charge in [0.2, 0.25) is 0 Å². The Morgan fingerprint density at radius 2 is 2.13 bits per heavy atom. The Bertz CT molecular complexity index is 416. The van der Waals surface area contributed by atoms with Crippen molar-refractivity contribution in [1.82, 2.24) is 0 Å². The zero-order valence-electron chi connectivity index (χ0n) is 7.84. The number of carboxylic acids is 1. The van der Waals surface area contributed by atoms with Crippen LogP contribution in [0, 0.1) is 0 Å². The first-order valence-electron chi connectivity index (χ1n) is 4.47. The fourth-order valence-electron chi connectivity index (χ4n) is 1.50. The van der Waals surface area contributed by atoms with Crippen molar-refractivity contribution in [2.24, 2.45) is 0 Å². The smallest absolute Gasteiger partial charge is 0.414 e. The first-order valence-corrected chi connectivity index (χ1v) is 4.47. The molecule has 0 bridgehead atoms. The van der Waals surface area contributed by atoms with Gasteiger partial charge in [-0.25, -0.2) is 9.59 Å². The van der Waals surface area contributed by atoms with Crippen molar-refractivity contribution in [2.45, 2.75) is 0 Å². The number of carbonyl (C=O) groups is 2. The van der Waals surface area contributed by atoms with Gasteiger partial charge in [0, 0.05) is 0 Å². The van der Waals surface area contributed by atoms with E-state index in [0.29, 0.717) is 18.8 Å². The standard InChI is InChI=1S/C10H9NO4/c12-9(13)7-3-1-2-4-8(7)11-5-6-15-10(11)14/h1-4H,5-6H2,(H,12,13). The van der Waals surface area contributed by atoms with E-state index in [1.807, 2.05) is 0 Å². The normalized spacial score (nSPS) is 15.2. The number of nitrogens with zero attached hydrogens (tertiary/aromatic N) is 1. The maximum Gasteiger partial charge on any atom is 0.414 e. The van der Waals surface area contributed by atoms with Gasteiger partial charge in [-0.05, 0) is 12.1 Å². The molecular formula is C10H9NO4. The predicted octanol–water partition coefficient (Wildman–Crippen LogP) is 1.34. The van der Waals surface area contributed by atoms with E-state index in [1.165, 1.54) is 11.0 Å². The van der Waals surface area contributed by atoms with Gasteiger partial charge in [0.15, 0.2) is 0 Å². The third-order valence-electron chi connectivity index (χ3n) is 2.19. The van der Waals surface area contributed by atoms with Crippen LogP contribution < -0.4 is 4.90 Å². The lowest BCUT2D eigenvalue weighted by Crippen LogP contribution is -2.25. The van der Waals surface area contributed by atoms with Crippen LogP contribution in [0.1, 0.15) is 10.4 Å². The molecule has 0 radical (unpaired) electrons. The van der Waals surface area contributed by atoms with Gasteiger partial charge in [0.05, 0.1) is 17.8 Å². The number of benzene rings is 1. The molecule has 1 heterocycles. The summed E-state index contributed by atoms with van der Waals surface area (Å²) in [4.78, 5) is 23.5. The largest absolute Gasteiger partial charge is 0.478 e. The fraction of sp³-hybridized carbons (Fsp3) is 0.200. The van der Waals surface area contributed by atoms with E-state index in [2.05, 4.69) is 0 Å². The molecule has 1 aromatic rings. The topological polar surface area (TPSA) is 66.8 Å². The average molecular weight is 207 g/mol. The number of anilines is 1. The van der Waals surface area contributed by atoms with Gasteiger partial charge in [0.25, 0.3) is 0 Å². The van der Waals surface area contributed by atoms with Crippen molar-refractivity contribution in [3.8, 4) is 0 Å². The van der Waals surface area contributed by atoms with Crippen LogP contribution in [0.15, 0.2) is 24.3 Å². The second-order valence-corrected chi connectivity index (χ2v) is 3.09. The van der Waals surface area contributed by atoms with Crippen LogP contribution in [0.3, 0.4) is 0 Å². The number of hydrogen-bond donors (Lipinski definition) is 1. The van der Waals surface area contributed by atoms with Gasteiger partial charge < -0.3 is 9.84 Å². The number of carboxylic acid groups (broad SMARTS) is 1. The highest BCUT2D eigenvalue weighted by molar-refractivity contribution is 6.00. The summed E-state index contributed by atoms with van der Waals surface area (Å²) in [6, 6.07) is 6.36. The third kappa shape index (κ3) is 1.63.